The number of rotatable bonds is 6. The number of carbonyl (C=O) groups excluding carboxylic acids is 1. The van der Waals surface area contributed by atoms with Crippen molar-refractivity contribution < 1.29 is 9.53 Å². The second-order valence-corrected chi connectivity index (χ2v) is 6.74. The molecule has 0 aliphatic rings. The number of amides is 1. The van der Waals surface area contributed by atoms with E-state index < -0.39 is 6.10 Å². The summed E-state index contributed by atoms with van der Waals surface area (Å²) in [7, 11) is 0. The minimum Gasteiger partial charge on any atom is -0.481 e. The molecule has 1 N–H and O–H groups in total. The molecule has 0 aliphatic carbocycles. The first-order valence-electron chi connectivity index (χ1n) is 8.32. The third-order valence-corrected chi connectivity index (χ3v) is 4.43. The van der Waals surface area contributed by atoms with Crippen molar-refractivity contribution in [1.29, 1.82) is 0 Å². The Hall–Kier alpha value is -2.66. The third kappa shape index (κ3) is 4.70. The maximum Gasteiger partial charge on any atom is 0.261 e. The average Bonchev–Trinajstić information content (AvgIpc) is 2.69. The Kier molecular flexibility index (Phi) is 6.02. The van der Waals surface area contributed by atoms with Crippen LogP contribution in [0.3, 0.4) is 0 Å². The van der Waals surface area contributed by atoms with Gasteiger partial charge in [0.05, 0.1) is 11.7 Å². The molecule has 2 atom stereocenters. The molecule has 0 bridgehead atoms. The monoisotopic (exact) mass is 410 g/mol. The fourth-order valence-corrected chi connectivity index (χ4v) is 2.82. The molecular weight excluding hydrogens is 392 g/mol. The minimum absolute atomic E-state index is 0.201. The van der Waals surface area contributed by atoms with Crippen LogP contribution in [-0.4, -0.2) is 17.0 Å². The van der Waals surface area contributed by atoms with Crippen molar-refractivity contribution >= 4 is 21.8 Å². The zero-order valence-electron chi connectivity index (χ0n) is 14.3. The van der Waals surface area contributed by atoms with Crippen LogP contribution in [0.15, 0.2) is 83.5 Å². The van der Waals surface area contributed by atoms with Crippen LogP contribution in [0, 0.1) is 0 Å². The summed E-state index contributed by atoms with van der Waals surface area (Å²) < 4.78 is 6.71. The van der Waals surface area contributed by atoms with Gasteiger partial charge in [0.25, 0.3) is 5.91 Å². The number of carbonyl (C=O) groups is 1. The smallest absolute Gasteiger partial charge is 0.261 e. The Balaban J connectivity index is 1.75. The highest BCUT2D eigenvalue weighted by molar-refractivity contribution is 9.10. The number of halogens is 1. The molecule has 3 rings (SSSR count). The Bertz CT molecular complexity index is 799. The van der Waals surface area contributed by atoms with Gasteiger partial charge in [0.15, 0.2) is 6.10 Å². The molecule has 0 aliphatic heterocycles. The summed E-state index contributed by atoms with van der Waals surface area (Å²) in [5, 5.41) is 3.05. The second kappa shape index (κ2) is 8.63. The fourth-order valence-electron chi connectivity index (χ4n) is 2.55. The molecule has 0 saturated heterocycles. The summed E-state index contributed by atoms with van der Waals surface area (Å²) in [6, 6.07) is 22.5. The largest absolute Gasteiger partial charge is 0.481 e. The molecule has 0 spiro atoms. The summed E-state index contributed by atoms with van der Waals surface area (Å²) >= 11 is 3.38. The molecule has 5 heteroatoms. The van der Waals surface area contributed by atoms with Crippen molar-refractivity contribution in [3.63, 3.8) is 0 Å². The van der Waals surface area contributed by atoms with E-state index in [0.29, 0.717) is 5.75 Å². The summed E-state index contributed by atoms with van der Waals surface area (Å²) in [5.41, 5.74) is 1.75. The molecule has 2 aromatic carbocycles. The zero-order chi connectivity index (χ0) is 18.4. The van der Waals surface area contributed by atoms with Crippen molar-refractivity contribution in [2.75, 3.05) is 0 Å². The van der Waals surface area contributed by atoms with Crippen LogP contribution < -0.4 is 10.1 Å². The number of ether oxygens (including phenoxy) is 1. The van der Waals surface area contributed by atoms with E-state index in [9.17, 15) is 4.79 Å². The van der Waals surface area contributed by atoms with Crippen molar-refractivity contribution in [2.45, 2.75) is 19.1 Å². The summed E-state index contributed by atoms with van der Waals surface area (Å²) in [6.45, 7) is 1.73. The van der Waals surface area contributed by atoms with Crippen LogP contribution in [0.5, 0.6) is 5.75 Å². The number of nitrogens with one attached hydrogen (secondary N) is 1. The standard InChI is InChI=1S/C21H19BrN2O2/c1-15(26-18-12-10-17(22)11-13-18)21(25)24-20(16-7-3-2-4-8-16)19-9-5-6-14-23-19/h2-15,20H,1H3,(H,24,25)/t15-,20+/m1/s1. The van der Waals surface area contributed by atoms with E-state index in [4.69, 9.17) is 4.74 Å². The summed E-state index contributed by atoms with van der Waals surface area (Å²) in [5.74, 6) is 0.442. The van der Waals surface area contributed by atoms with Gasteiger partial charge in [-0.3, -0.25) is 9.78 Å². The van der Waals surface area contributed by atoms with Crippen molar-refractivity contribution in [3.8, 4) is 5.75 Å². The third-order valence-electron chi connectivity index (χ3n) is 3.90. The van der Waals surface area contributed by atoms with E-state index in [0.717, 1.165) is 15.7 Å². The fraction of sp³-hybridized carbons (Fsp3) is 0.143. The molecular formula is C21H19BrN2O2. The van der Waals surface area contributed by atoms with Crippen molar-refractivity contribution in [2.24, 2.45) is 0 Å². The quantitative estimate of drug-likeness (QED) is 0.649. The lowest BCUT2D eigenvalue weighted by Crippen LogP contribution is -2.39. The van der Waals surface area contributed by atoms with Gasteiger partial charge in [-0.05, 0) is 48.9 Å². The van der Waals surface area contributed by atoms with Crippen LogP contribution in [0.4, 0.5) is 0 Å². The molecule has 0 radical (unpaired) electrons. The van der Waals surface area contributed by atoms with Gasteiger partial charge >= 0.3 is 0 Å². The van der Waals surface area contributed by atoms with Gasteiger partial charge < -0.3 is 10.1 Å². The SMILES string of the molecule is C[C@@H](Oc1ccc(Br)cc1)C(=O)N[C@@H](c1ccccc1)c1ccccn1. The molecule has 0 fully saturated rings. The van der Waals surface area contributed by atoms with E-state index in [1.807, 2.05) is 72.8 Å². The second-order valence-electron chi connectivity index (χ2n) is 5.82. The average molecular weight is 411 g/mol. The highest BCUT2D eigenvalue weighted by atomic mass is 79.9. The molecule has 0 saturated carbocycles. The molecule has 3 aromatic rings. The molecule has 1 heterocycles. The molecule has 1 amide bonds. The van der Waals surface area contributed by atoms with E-state index in [1.165, 1.54) is 0 Å². The molecule has 26 heavy (non-hydrogen) atoms. The number of pyridine rings is 1. The van der Waals surface area contributed by atoms with E-state index in [2.05, 4.69) is 26.2 Å². The number of benzene rings is 2. The van der Waals surface area contributed by atoms with Crippen LogP contribution >= 0.6 is 15.9 Å². The van der Waals surface area contributed by atoms with E-state index >= 15 is 0 Å². The highest BCUT2D eigenvalue weighted by Crippen LogP contribution is 2.21. The maximum absolute atomic E-state index is 12.7. The number of nitrogens with zero attached hydrogens (tertiary/aromatic N) is 1. The molecule has 1 aromatic heterocycles. The lowest BCUT2D eigenvalue weighted by molar-refractivity contribution is -0.127. The van der Waals surface area contributed by atoms with E-state index in [-0.39, 0.29) is 11.9 Å². The lowest BCUT2D eigenvalue weighted by Gasteiger charge is -2.22. The summed E-state index contributed by atoms with van der Waals surface area (Å²) in [6.07, 6.45) is 1.09. The Morgan fingerprint density at radius 3 is 2.35 bits per heavy atom. The van der Waals surface area contributed by atoms with Gasteiger partial charge in [-0.1, -0.05) is 52.3 Å². The first-order chi connectivity index (χ1) is 12.6. The van der Waals surface area contributed by atoms with Gasteiger partial charge in [-0.25, -0.2) is 0 Å². The zero-order valence-corrected chi connectivity index (χ0v) is 15.9. The summed E-state index contributed by atoms with van der Waals surface area (Å²) in [4.78, 5) is 17.1. The highest BCUT2D eigenvalue weighted by Gasteiger charge is 2.22. The van der Waals surface area contributed by atoms with Gasteiger partial charge in [0.1, 0.15) is 5.75 Å². The Morgan fingerprint density at radius 1 is 1.00 bits per heavy atom. The van der Waals surface area contributed by atoms with Gasteiger partial charge in [0.2, 0.25) is 0 Å². The molecule has 4 nitrogen and oxygen atoms in total. The lowest BCUT2D eigenvalue weighted by atomic mass is 10.0. The van der Waals surface area contributed by atoms with Crippen molar-refractivity contribution in [3.05, 3.63) is 94.7 Å². The van der Waals surface area contributed by atoms with Crippen LogP contribution in [-0.2, 0) is 4.79 Å². The number of hydrogen-bond acceptors (Lipinski definition) is 3. The predicted octanol–water partition coefficient (Wildman–Crippen LogP) is 4.52. The Labute approximate surface area is 161 Å². The minimum atomic E-state index is -0.633. The van der Waals surface area contributed by atoms with Gasteiger partial charge in [-0.2, -0.15) is 0 Å². The van der Waals surface area contributed by atoms with Crippen molar-refractivity contribution in [1.82, 2.24) is 10.3 Å². The van der Waals surface area contributed by atoms with Gasteiger partial charge in [-0.15, -0.1) is 0 Å². The predicted molar refractivity (Wildman–Crippen MR) is 105 cm³/mol. The topological polar surface area (TPSA) is 51.2 Å². The first-order valence-corrected chi connectivity index (χ1v) is 9.11. The normalized spacial score (nSPS) is 12.8. The molecule has 132 valence electrons. The number of hydrogen-bond donors (Lipinski definition) is 1. The Morgan fingerprint density at radius 2 is 1.69 bits per heavy atom. The maximum atomic E-state index is 12.7. The van der Waals surface area contributed by atoms with Gasteiger partial charge in [0, 0.05) is 10.7 Å². The molecule has 0 unspecified atom stereocenters. The first kappa shape index (κ1) is 18.1. The van der Waals surface area contributed by atoms with Crippen LogP contribution in [0.25, 0.3) is 0 Å². The van der Waals surface area contributed by atoms with E-state index in [1.54, 1.807) is 13.1 Å². The number of aromatic nitrogens is 1. The van der Waals surface area contributed by atoms with Crippen LogP contribution in [0.1, 0.15) is 24.2 Å². The van der Waals surface area contributed by atoms with Crippen LogP contribution in [0.2, 0.25) is 0 Å².